The van der Waals surface area contributed by atoms with Gasteiger partial charge in [0.15, 0.2) is 0 Å². The molecule has 0 bridgehead atoms. The van der Waals surface area contributed by atoms with Crippen LogP contribution in [0.15, 0.2) is 78.9 Å². The number of amides is 1. The van der Waals surface area contributed by atoms with Crippen molar-refractivity contribution in [1.29, 1.82) is 0 Å². The third kappa shape index (κ3) is 5.36. The summed E-state index contributed by atoms with van der Waals surface area (Å²) in [6.07, 6.45) is 0. The molecule has 5 heteroatoms. The van der Waals surface area contributed by atoms with Gasteiger partial charge < -0.3 is 19.7 Å². The second-order valence-electron chi connectivity index (χ2n) is 6.87. The normalized spacial score (nSPS) is 11.7. The van der Waals surface area contributed by atoms with Crippen molar-refractivity contribution in [3.63, 3.8) is 0 Å². The Morgan fingerprint density at radius 3 is 2.17 bits per heavy atom. The van der Waals surface area contributed by atoms with Crippen LogP contribution in [0.25, 0.3) is 0 Å². The number of para-hydroxylation sites is 2. The maximum Gasteiger partial charge on any atom is 0.251 e. The number of nitrogens with one attached hydrogen (secondary N) is 1. The standard InChI is InChI=1S/C24H26N2O3/c1-26(2)22(21-11-7-8-12-23(21)28-3)17-25-24(27)18-13-15-20(16-14-18)29-19-9-5-4-6-10-19/h4-16,22H,17H2,1-3H3,(H,25,27)/t22-/m1/s1. The van der Waals surface area contributed by atoms with Gasteiger partial charge in [-0.15, -0.1) is 0 Å². The minimum atomic E-state index is -0.127. The van der Waals surface area contributed by atoms with Crippen LogP contribution in [0.3, 0.4) is 0 Å². The van der Waals surface area contributed by atoms with E-state index in [0.717, 1.165) is 17.1 Å². The Labute approximate surface area is 171 Å². The highest BCUT2D eigenvalue weighted by molar-refractivity contribution is 5.94. The summed E-state index contributed by atoms with van der Waals surface area (Å²) in [5, 5.41) is 3.02. The van der Waals surface area contributed by atoms with E-state index in [0.29, 0.717) is 17.9 Å². The Hall–Kier alpha value is -3.31. The molecule has 0 radical (unpaired) electrons. The summed E-state index contributed by atoms with van der Waals surface area (Å²) in [5.41, 5.74) is 1.62. The molecule has 0 fully saturated rings. The molecule has 0 saturated heterocycles. The minimum absolute atomic E-state index is 0.00390. The highest BCUT2D eigenvalue weighted by Crippen LogP contribution is 2.27. The summed E-state index contributed by atoms with van der Waals surface area (Å²) in [6.45, 7) is 0.467. The number of likely N-dealkylation sites (N-methyl/N-ethyl adjacent to an activating group) is 1. The van der Waals surface area contributed by atoms with E-state index in [-0.39, 0.29) is 11.9 Å². The third-order valence-corrected chi connectivity index (χ3v) is 4.67. The van der Waals surface area contributed by atoms with E-state index in [2.05, 4.69) is 10.2 Å². The number of ether oxygens (including phenoxy) is 2. The van der Waals surface area contributed by atoms with Gasteiger partial charge in [0, 0.05) is 17.7 Å². The van der Waals surface area contributed by atoms with Crippen LogP contribution in [0.2, 0.25) is 0 Å². The van der Waals surface area contributed by atoms with Gasteiger partial charge in [-0.2, -0.15) is 0 Å². The van der Waals surface area contributed by atoms with E-state index in [1.165, 1.54) is 0 Å². The molecule has 1 atom stereocenters. The molecule has 0 aliphatic heterocycles. The van der Waals surface area contributed by atoms with Gasteiger partial charge in [-0.25, -0.2) is 0 Å². The number of hydrogen-bond acceptors (Lipinski definition) is 4. The Morgan fingerprint density at radius 1 is 0.897 bits per heavy atom. The molecule has 0 aliphatic rings. The van der Waals surface area contributed by atoms with Crippen molar-refractivity contribution in [2.75, 3.05) is 27.7 Å². The molecule has 29 heavy (non-hydrogen) atoms. The van der Waals surface area contributed by atoms with Crippen LogP contribution in [0.1, 0.15) is 22.0 Å². The molecule has 0 spiro atoms. The monoisotopic (exact) mass is 390 g/mol. The highest BCUT2D eigenvalue weighted by atomic mass is 16.5. The quantitative estimate of drug-likeness (QED) is 0.614. The van der Waals surface area contributed by atoms with Crippen molar-refractivity contribution in [2.24, 2.45) is 0 Å². The number of methoxy groups -OCH3 is 1. The highest BCUT2D eigenvalue weighted by Gasteiger charge is 2.19. The van der Waals surface area contributed by atoms with Crippen molar-refractivity contribution in [1.82, 2.24) is 10.2 Å². The first kappa shape index (κ1) is 20.4. The van der Waals surface area contributed by atoms with E-state index in [9.17, 15) is 4.79 Å². The number of carbonyl (C=O) groups is 1. The summed E-state index contributed by atoms with van der Waals surface area (Å²) in [4.78, 5) is 14.7. The van der Waals surface area contributed by atoms with E-state index in [1.54, 1.807) is 31.4 Å². The molecular weight excluding hydrogens is 364 g/mol. The fourth-order valence-corrected chi connectivity index (χ4v) is 3.10. The molecule has 3 aromatic rings. The zero-order chi connectivity index (χ0) is 20.6. The lowest BCUT2D eigenvalue weighted by atomic mass is 10.0. The average Bonchev–Trinajstić information content (AvgIpc) is 2.75. The number of rotatable bonds is 8. The lowest BCUT2D eigenvalue weighted by Gasteiger charge is -2.26. The van der Waals surface area contributed by atoms with Crippen molar-refractivity contribution >= 4 is 5.91 Å². The lowest BCUT2D eigenvalue weighted by Crippen LogP contribution is -2.34. The molecule has 5 nitrogen and oxygen atoms in total. The molecular formula is C24H26N2O3. The van der Waals surface area contributed by atoms with E-state index in [1.807, 2.05) is 68.7 Å². The van der Waals surface area contributed by atoms with Crippen molar-refractivity contribution in [2.45, 2.75) is 6.04 Å². The summed E-state index contributed by atoms with van der Waals surface area (Å²) in [6, 6.07) is 24.5. The Bertz CT molecular complexity index is 924. The first-order chi connectivity index (χ1) is 14.1. The second-order valence-corrected chi connectivity index (χ2v) is 6.87. The Morgan fingerprint density at radius 2 is 1.52 bits per heavy atom. The third-order valence-electron chi connectivity index (χ3n) is 4.67. The van der Waals surface area contributed by atoms with E-state index < -0.39 is 0 Å². The van der Waals surface area contributed by atoms with Crippen molar-refractivity contribution < 1.29 is 14.3 Å². The number of nitrogens with zero attached hydrogens (tertiary/aromatic N) is 1. The molecule has 1 N–H and O–H groups in total. The van der Waals surface area contributed by atoms with Gasteiger partial charge in [0.25, 0.3) is 5.91 Å². The van der Waals surface area contributed by atoms with Crippen LogP contribution in [0.4, 0.5) is 0 Å². The van der Waals surface area contributed by atoms with Crippen LogP contribution in [-0.4, -0.2) is 38.6 Å². The van der Waals surface area contributed by atoms with Gasteiger partial charge in [0.1, 0.15) is 17.2 Å². The zero-order valence-corrected chi connectivity index (χ0v) is 17.0. The van der Waals surface area contributed by atoms with E-state index in [4.69, 9.17) is 9.47 Å². The first-order valence-electron chi connectivity index (χ1n) is 9.49. The Balaban J connectivity index is 1.64. The summed E-state index contributed by atoms with van der Waals surface area (Å²) in [7, 11) is 5.63. The zero-order valence-electron chi connectivity index (χ0n) is 17.0. The molecule has 3 rings (SSSR count). The molecule has 0 saturated carbocycles. The summed E-state index contributed by atoms with van der Waals surface area (Å²) in [5.74, 6) is 2.13. The fourth-order valence-electron chi connectivity index (χ4n) is 3.10. The molecule has 150 valence electrons. The number of carbonyl (C=O) groups excluding carboxylic acids is 1. The molecule has 0 unspecified atom stereocenters. The van der Waals surface area contributed by atoms with Gasteiger partial charge in [0.05, 0.1) is 13.2 Å². The van der Waals surface area contributed by atoms with Gasteiger partial charge >= 0.3 is 0 Å². The second kappa shape index (κ2) is 9.75. The molecule has 1 amide bonds. The van der Waals surface area contributed by atoms with E-state index >= 15 is 0 Å². The first-order valence-corrected chi connectivity index (χ1v) is 9.49. The van der Waals surface area contributed by atoms with Crippen molar-refractivity contribution in [3.05, 3.63) is 90.0 Å². The fraction of sp³-hybridized carbons (Fsp3) is 0.208. The van der Waals surface area contributed by atoms with Gasteiger partial charge in [-0.05, 0) is 56.6 Å². The SMILES string of the molecule is COc1ccccc1[C@@H](CNC(=O)c1ccc(Oc2ccccc2)cc1)N(C)C. The van der Waals surface area contributed by atoms with Crippen LogP contribution in [0, 0.1) is 0 Å². The summed E-state index contributed by atoms with van der Waals surface area (Å²) < 4.78 is 11.3. The predicted octanol–water partition coefficient (Wildman–Crippen LogP) is 4.52. The maximum absolute atomic E-state index is 12.6. The molecule has 0 aromatic heterocycles. The van der Waals surface area contributed by atoms with Crippen LogP contribution in [-0.2, 0) is 0 Å². The minimum Gasteiger partial charge on any atom is -0.496 e. The largest absolute Gasteiger partial charge is 0.496 e. The predicted molar refractivity (Wildman–Crippen MR) is 115 cm³/mol. The van der Waals surface area contributed by atoms with Crippen molar-refractivity contribution in [3.8, 4) is 17.2 Å². The topological polar surface area (TPSA) is 50.8 Å². The van der Waals surface area contributed by atoms with Gasteiger partial charge in [-0.1, -0.05) is 36.4 Å². The maximum atomic E-state index is 12.6. The number of benzene rings is 3. The van der Waals surface area contributed by atoms with Crippen LogP contribution >= 0.6 is 0 Å². The molecule has 0 aliphatic carbocycles. The van der Waals surface area contributed by atoms with Crippen LogP contribution < -0.4 is 14.8 Å². The molecule has 3 aromatic carbocycles. The smallest absolute Gasteiger partial charge is 0.251 e. The lowest BCUT2D eigenvalue weighted by molar-refractivity contribution is 0.0941. The average molecular weight is 390 g/mol. The van der Waals surface area contributed by atoms with Gasteiger partial charge in [-0.3, -0.25) is 4.79 Å². The Kier molecular flexibility index (Phi) is 6.87. The number of hydrogen-bond donors (Lipinski definition) is 1. The summed E-state index contributed by atoms with van der Waals surface area (Å²) >= 11 is 0. The van der Waals surface area contributed by atoms with Crippen LogP contribution in [0.5, 0.6) is 17.2 Å². The molecule has 0 heterocycles. The van der Waals surface area contributed by atoms with Gasteiger partial charge in [0.2, 0.25) is 0 Å².